The summed E-state index contributed by atoms with van der Waals surface area (Å²) >= 11 is 0. The number of halogens is 10. The van der Waals surface area contributed by atoms with E-state index in [-0.39, 0.29) is 69.2 Å². The molecule has 0 aliphatic carbocycles. The van der Waals surface area contributed by atoms with Gasteiger partial charge in [-0.25, -0.2) is 43.9 Å². The summed E-state index contributed by atoms with van der Waals surface area (Å²) in [6.45, 7) is 29.0. The van der Waals surface area contributed by atoms with E-state index in [0.29, 0.717) is 12.8 Å². The van der Waals surface area contributed by atoms with Crippen LogP contribution >= 0.6 is 0 Å². The van der Waals surface area contributed by atoms with Crippen molar-refractivity contribution >= 4 is 23.3 Å². The summed E-state index contributed by atoms with van der Waals surface area (Å²) < 4.78 is 158. The molecule has 6 rings (SSSR count). The third kappa shape index (κ3) is 25.1. The van der Waals surface area contributed by atoms with Gasteiger partial charge in [0.15, 0.2) is 46.6 Å². The van der Waals surface area contributed by atoms with Crippen molar-refractivity contribution in [3.8, 4) is 33.8 Å². The van der Waals surface area contributed by atoms with Gasteiger partial charge in [-0.05, 0) is 137 Å². The highest BCUT2D eigenvalue weighted by Crippen LogP contribution is 2.36. The van der Waals surface area contributed by atoms with Crippen LogP contribution in [-0.4, -0.2) is 13.2 Å². The van der Waals surface area contributed by atoms with Crippen molar-refractivity contribution in [2.45, 2.75) is 160 Å². The van der Waals surface area contributed by atoms with Crippen molar-refractivity contribution in [1.29, 1.82) is 0 Å². The van der Waals surface area contributed by atoms with E-state index in [2.05, 4.69) is 100 Å². The lowest BCUT2D eigenvalue weighted by Crippen LogP contribution is -1.99. The van der Waals surface area contributed by atoms with Crippen molar-refractivity contribution in [1.82, 2.24) is 0 Å². The minimum absolute atomic E-state index is 0.0327. The number of unbranched alkanes of at least 4 members (excludes halogenated alkanes) is 4. The molecule has 0 aliphatic heterocycles. The van der Waals surface area contributed by atoms with Crippen molar-refractivity contribution in [3.05, 3.63) is 214 Å². The quantitative estimate of drug-likeness (QED) is 0.0260. The molecule has 86 heavy (non-hydrogen) atoms. The maximum absolute atomic E-state index is 15.1. The number of allylic oxidation sites excluding steroid dienone is 5. The Balaban J connectivity index is 0.00000109. The Morgan fingerprint density at radius 2 is 0.779 bits per heavy atom. The fraction of sp³-hybridized carbons (Fsp3) is 0.378. The molecule has 0 N–H and O–H groups in total. The third-order valence-electron chi connectivity index (χ3n) is 13.4. The van der Waals surface area contributed by atoms with E-state index in [1.807, 2.05) is 0 Å². The Bertz CT molecular complexity index is 2890. The van der Waals surface area contributed by atoms with E-state index >= 15 is 17.6 Å². The monoisotopic (exact) mass is 1200 g/mol. The van der Waals surface area contributed by atoms with Crippen molar-refractivity contribution < 1.29 is 53.4 Å². The molecule has 0 fully saturated rings. The van der Waals surface area contributed by atoms with Gasteiger partial charge < -0.3 is 9.47 Å². The van der Waals surface area contributed by atoms with E-state index in [4.69, 9.17) is 9.47 Å². The number of ether oxygens (including phenoxy) is 2. The SMILES string of the molecule is C/C=C/C(C)CC.C/C=C/C(C)CC.C=C(CCCCCOc1ccc(/C(F)=C(\F)c2ccc(-c3ccc(C)c(F)c3F)cc2)c(F)c1)CCCCCOc1ccc(/C(F)=C(\F)c2ccc(-c3ccc(C)c(F)c3F)cc2)c(F)c1.CCC.CCC. The molecule has 0 heterocycles. The zero-order chi connectivity index (χ0) is 64.3. The van der Waals surface area contributed by atoms with Gasteiger partial charge in [-0.3, -0.25) is 0 Å². The molecular weight excluding hydrogens is 1110 g/mol. The van der Waals surface area contributed by atoms with Gasteiger partial charge in [0.1, 0.15) is 23.1 Å². The predicted molar refractivity (Wildman–Crippen MR) is 341 cm³/mol. The smallest absolute Gasteiger partial charge is 0.169 e. The van der Waals surface area contributed by atoms with Gasteiger partial charge in [-0.15, -0.1) is 0 Å². The molecule has 0 radical (unpaired) electrons. The van der Waals surface area contributed by atoms with Crippen molar-refractivity contribution in [3.63, 3.8) is 0 Å². The number of hydrogen-bond donors (Lipinski definition) is 0. The lowest BCUT2D eigenvalue weighted by molar-refractivity contribution is 0.303. The molecule has 0 bridgehead atoms. The highest BCUT2D eigenvalue weighted by molar-refractivity contribution is 5.85. The summed E-state index contributed by atoms with van der Waals surface area (Å²) in [6.07, 6.45) is 20.0. The van der Waals surface area contributed by atoms with E-state index in [0.717, 1.165) is 80.2 Å². The molecule has 468 valence electrons. The Labute approximate surface area is 507 Å². The molecule has 0 spiro atoms. The van der Waals surface area contributed by atoms with Crippen molar-refractivity contribution in [2.24, 2.45) is 11.8 Å². The molecule has 0 aromatic heterocycles. The fourth-order valence-corrected chi connectivity index (χ4v) is 8.09. The van der Waals surface area contributed by atoms with Gasteiger partial charge in [0.05, 0.1) is 13.2 Å². The van der Waals surface area contributed by atoms with E-state index in [1.54, 1.807) is 0 Å². The molecule has 0 saturated heterocycles. The first kappa shape index (κ1) is 75.0. The highest BCUT2D eigenvalue weighted by atomic mass is 19.2. The van der Waals surface area contributed by atoms with Gasteiger partial charge in [0.2, 0.25) is 0 Å². The first-order valence-corrected chi connectivity index (χ1v) is 30.1. The number of benzene rings is 6. The van der Waals surface area contributed by atoms with Crippen LogP contribution < -0.4 is 9.47 Å². The lowest BCUT2D eigenvalue weighted by Gasteiger charge is -2.10. The predicted octanol–water partition coefficient (Wildman–Crippen LogP) is 25.2. The first-order valence-electron chi connectivity index (χ1n) is 30.1. The van der Waals surface area contributed by atoms with Crippen LogP contribution in [0.5, 0.6) is 11.5 Å². The molecular formula is C74H90F10O2. The van der Waals surface area contributed by atoms with Crippen LogP contribution in [0.15, 0.2) is 146 Å². The van der Waals surface area contributed by atoms with E-state index in [9.17, 15) is 26.3 Å². The zero-order valence-electron chi connectivity index (χ0n) is 52.6. The van der Waals surface area contributed by atoms with Gasteiger partial charge in [0.25, 0.3) is 0 Å². The summed E-state index contributed by atoms with van der Waals surface area (Å²) in [5, 5.41) is 0. The van der Waals surface area contributed by atoms with Crippen molar-refractivity contribution in [2.75, 3.05) is 13.2 Å². The van der Waals surface area contributed by atoms with Crippen LogP contribution in [0.2, 0.25) is 0 Å². The third-order valence-corrected chi connectivity index (χ3v) is 13.4. The average Bonchev–Trinajstić information content (AvgIpc) is 3.09. The lowest BCUT2D eigenvalue weighted by atomic mass is 10.0. The normalized spacial score (nSPS) is 12.3. The molecule has 12 heteroatoms. The largest absolute Gasteiger partial charge is 0.493 e. The zero-order valence-corrected chi connectivity index (χ0v) is 52.6. The molecule has 0 aliphatic rings. The van der Waals surface area contributed by atoms with Gasteiger partial charge in [-0.2, -0.15) is 0 Å². The highest BCUT2D eigenvalue weighted by Gasteiger charge is 2.20. The maximum Gasteiger partial charge on any atom is 0.169 e. The Hall–Kier alpha value is -7.08. The second-order valence-corrected chi connectivity index (χ2v) is 21.1. The van der Waals surface area contributed by atoms with Crippen LogP contribution in [-0.2, 0) is 0 Å². The van der Waals surface area contributed by atoms with Crippen LogP contribution in [0, 0.1) is 60.6 Å². The summed E-state index contributed by atoms with van der Waals surface area (Å²) in [5.74, 6) is -9.73. The molecule has 6 aromatic rings. The Morgan fingerprint density at radius 1 is 0.442 bits per heavy atom. The Kier molecular flexibility index (Phi) is 35.8. The number of hydrogen-bond acceptors (Lipinski definition) is 2. The van der Waals surface area contributed by atoms with Gasteiger partial charge >= 0.3 is 0 Å². The van der Waals surface area contributed by atoms with E-state index in [1.165, 1.54) is 124 Å². The number of aryl methyl sites for hydroxylation is 2. The molecule has 2 atom stereocenters. The summed E-state index contributed by atoms with van der Waals surface area (Å²) in [5.41, 5.74) is 0.211. The average molecular weight is 1200 g/mol. The van der Waals surface area contributed by atoms with Gasteiger partial charge in [-0.1, -0.05) is 190 Å². The number of rotatable bonds is 24. The maximum atomic E-state index is 15.1. The Morgan fingerprint density at radius 3 is 1.07 bits per heavy atom. The topological polar surface area (TPSA) is 18.5 Å². The first-order chi connectivity index (χ1) is 41.1. The molecule has 0 saturated carbocycles. The van der Waals surface area contributed by atoms with Crippen LogP contribution in [0.25, 0.3) is 45.6 Å². The van der Waals surface area contributed by atoms with E-state index < -0.39 is 69.3 Å². The van der Waals surface area contributed by atoms with Gasteiger partial charge in [0, 0.05) is 45.5 Å². The molecule has 2 nitrogen and oxygen atoms in total. The summed E-state index contributed by atoms with van der Waals surface area (Å²) in [7, 11) is 0. The minimum atomic E-state index is -1.42. The summed E-state index contributed by atoms with van der Waals surface area (Å²) in [6, 6.07) is 22.5. The minimum Gasteiger partial charge on any atom is -0.493 e. The second-order valence-electron chi connectivity index (χ2n) is 21.1. The molecule has 2 unspecified atom stereocenters. The standard InChI is InChI=1S/C54H46F10O2.2C7H14.2C3H8/c1-32(10-6-4-8-28-65-39-22-26-43(45(55)30-39)53(63)49(59)37-18-14-35(15-19-37)41-24-12-33(2)47(57)51(41)61)11-7-5-9-29-66-40-23-27-44(46(56)31-40)54(64)50(60)38-20-16-36(17-21-38)42-25-13-34(3)48(58)52(42)62;2*1-4-6-7(3)5-2;2*1-3-2/h12-27,30-31H,1,4-11,28-29H2,2-3H3;2*4,6-7H,5H2,1-3H3;2*3H2,1-2H3/b53-49+,54-50+;2*6-4+;;. The summed E-state index contributed by atoms with van der Waals surface area (Å²) in [4.78, 5) is 0. The second kappa shape index (κ2) is 41.1. The molecule has 0 amide bonds. The van der Waals surface area contributed by atoms with Crippen LogP contribution in [0.4, 0.5) is 43.9 Å². The van der Waals surface area contributed by atoms with Crippen LogP contribution in [0.1, 0.15) is 180 Å². The van der Waals surface area contributed by atoms with Crippen LogP contribution in [0.3, 0.4) is 0 Å². The fourth-order valence-electron chi connectivity index (χ4n) is 8.09. The molecule has 6 aromatic carbocycles.